The maximum atomic E-state index is 10.9. The molecule has 0 aromatic rings. The predicted octanol–water partition coefficient (Wildman–Crippen LogP) is -0.959. The van der Waals surface area contributed by atoms with Gasteiger partial charge in [0.05, 0.1) is 12.5 Å². The van der Waals surface area contributed by atoms with Gasteiger partial charge in [-0.2, -0.15) is 0 Å². The Hall–Kier alpha value is -0.410. The van der Waals surface area contributed by atoms with E-state index in [1.54, 1.807) is 6.92 Å². The summed E-state index contributed by atoms with van der Waals surface area (Å²) >= 11 is 0. The number of Topliss-reactive ketones (excluding diaryl/α,β-unsaturated/α-hetero) is 1. The highest BCUT2D eigenvalue weighted by atomic mass is 16.1. The molecule has 4 N–H and O–H groups in total. The molecule has 0 spiro atoms. The molecule has 3 nitrogen and oxygen atoms in total. The molecule has 0 fully saturated rings. The summed E-state index contributed by atoms with van der Waals surface area (Å²) in [6.45, 7) is 4.29. The molecule has 2 atom stereocenters. The van der Waals surface area contributed by atoms with E-state index in [4.69, 9.17) is 0 Å². The molecule has 0 radical (unpaired) electrons. The lowest BCUT2D eigenvalue weighted by atomic mass is 9.98. The summed E-state index contributed by atoms with van der Waals surface area (Å²) < 4.78 is 0. The number of ketones is 1. The molecule has 3 heteroatoms. The van der Waals surface area contributed by atoms with Gasteiger partial charge in [-0.1, -0.05) is 0 Å². The van der Waals surface area contributed by atoms with Crippen molar-refractivity contribution in [2.45, 2.75) is 19.9 Å². The third-order valence-electron chi connectivity index (χ3n) is 1.89. The van der Waals surface area contributed by atoms with Crippen LogP contribution in [0.4, 0.5) is 0 Å². The fourth-order valence-electron chi connectivity index (χ4n) is 1.01. The van der Waals surface area contributed by atoms with Gasteiger partial charge in [-0.05, 0) is 20.9 Å². The first-order chi connectivity index (χ1) is 4.63. The predicted molar refractivity (Wildman–Crippen MR) is 40.4 cm³/mol. The standard InChI is InChI=1S/C7H16N2O/c1-5(9-3)7(4-8)6(2)10/h5,7,9H,4,8H2,1-3H3/p+1/t5-,7-/m0/s1. The third kappa shape index (κ3) is 2.45. The summed E-state index contributed by atoms with van der Waals surface area (Å²) in [5.41, 5.74) is 3.72. The van der Waals surface area contributed by atoms with Gasteiger partial charge in [0.25, 0.3) is 0 Å². The summed E-state index contributed by atoms with van der Waals surface area (Å²) in [5, 5.41) is 3.04. The number of hydrogen-bond donors (Lipinski definition) is 2. The van der Waals surface area contributed by atoms with E-state index >= 15 is 0 Å². The summed E-state index contributed by atoms with van der Waals surface area (Å²) in [7, 11) is 1.86. The van der Waals surface area contributed by atoms with Gasteiger partial charge in [0, 0.05) is 6.04 Å². The van der Waals surface area contributed by atoms with Crippen LogP contribution in [0.2, 0.25) is 0 Å². The molecule has 0 unspecified atom stereocenters. The average Bonchev–Trinajstić information content (AvgIpc) is 1.88. The molecule has 0 aromatic heterocycles. The van der Waals surface area contributed by atoms with Crippen molar-refractivity contribution in [1.29, 1.82) is 0 Å². The van der Waals surface area contributed by atoms with Crippen LogP contribution in [-0.2, 0) is 4.79 Å². The highest BCUT2D eigenvalue weighted by Crippen LogP contribution is 2.00. The Labute approximate surface area is 62.0 Å². The minimum atomic E-state index is 0.0741. The molecule has 0 aliphatic rings. The smallest absolute Gasteiger partial charge is 0.140 e. The van der Waals surface area contributed by atoms with E-state index in [0.29, 0.717) is 6.54 Å². The number of nitrogens with one attached hydrogen (secondary N) is 1. The van der Waals surface area contributed by atoms with Crippen molar-refractivity contribution >= 4 is 5.78 Å². The van der Waals surface area contributed by atoms with Crippen LogP contribution in [0.3, 0.4) is 0 Å². The van der Waals surface area contributed by atoms with E-state index in [2.05, 4.69) is 11.1 Å². The van der Waals surface area contributed by atoms with E-state index in [-0.39, 0.29) is 17.7 Å². The zero-order chi connectivity index (χ0) is 8.15. The molecule has 60 valence electrons. The second-order valence-corrected chi connectivity index (χ2v) is 2.58. The van der Waals surface area contributed by atoms with Gasteiger partial charge < -0.3 is 11.1 Å². The van der Waals surface area contributed by atoms with Crippen molar-refractivity contribution < 1.29 is 10.5 Å². The molecule has 0 saturated carbocycles. The SMILES string of the molecule is CN[C@@H](C)[C@H](C[NH3+])C(C)=O. The Balaban J connectivity index is 3.92. The molecule has 0 saturated heterocycles. The monoisotopic (exact) mass is 145 g/mol. The Kier molecular flexibility index (Phi) is 4.23. The van der Waals surface area contributed by atoms with Crippen molar-refractivity contribution in [3.63, 3.8) is 0 Å². The van der Waals surface area contributed by atoms with Gasteiger partial charge in [0.2, 0.25) is 0 Å². The molecular formula is C7H17N2O+. The van der Waals surface area contributed by atoms with Crippen molar-refractivity contribution in [1.82, 2.24) is 5.32 Å². The van der Waals surface area contributed by atoms with E-state index in [9.17, 15) is 4.79 Å². The van der Waals surface area contributed by atoms with Crippen LogP contribution in [-0.4, -0.2) is 25.4 Å². The van der Waals surface area contributed by atoms with Crippen LogP contribution in [0.15, 0.2) is 0 Å². The summed E-state index contributed by atoms with van der Waals surface area (Å²) in [6, 6.07) is 0.245. The Bertz CT molecular complexity index is 114. The first-order valence-electron chi connectivity index (χ1n) is 3.60. The van der Waals surface area contributed by atoms with Crippen LogP contribution >= 0.6 is 0 Å². The van der Waals surface area contributed by atoms with Gasteiger partial charge in [-0.15, -0.1) is 0 Å². The number of rotatable bonds is 4. The lowest BCUT2D eigenvalue weighted by Gasteiger charge is -2.16. The lowest BCUT2D eigenvalue weighted by Crippen LogP contribution is -2.58. The Morgan fingerprint density at radius 1 is 1.70 bits per heavy atom. The fourth-order valence-corrected chi connectivity index (χ4v) is 1.01. The zero-order valence-corrected chi connectivity index (χ0v) is 6.98. The van der Waals surface area contributed by atoms with Crippen molar-refractivity contribution in [2.24, 2.45) is 5.92 Å². The maximum absolute atomic E-state index is 10.9. The molecular weight excluding hydrogens is 128 g/mol. The molecule has 10 heavy (non-hydrogen) atoms. The highest BCUT2D eigenvalue weighted by Gasteiger charge is 2.19. The largest absolute Gasteiger partial charge is 0.357 e. The number of hydrogen-bond acceptors (Lipinski definition) is 2. The van der Waals surface area contributed by atoms with Crippen LogP contribution in [0, 0.1) is 5.92 Å². The quantitative estimate of drug-likeness (QED) is 0.535. The first-order valence-corrected chi connectivity index (χ1v) is 3.60. The zero-order valence-electron chi connectivity index (χ0n) is 6.98. The van der Waals surface area contributed by atoms with E-state index in [0.717, 1.165) is 0 Å². The maximum Gasteiger partial charge on any atom is 0.140 e. The minimum absolute atomic E-state index is 0.0741. The third-order valence-corrected chi connectivity index (χ3v) is 1.89. The molecule has 0 rings (SSSR count). The van der Waals surface area contributed by atoms with E-state index < -0.39 is 0 Å². The second-order valence-electron chi connectivity index (χ2n) is 2.58. The van der Waals surface area contributed by atoms with Gasteiger partial charge in [-0.3, -0.25) is 4.79 Å². The van der Waals surface area contributed by atoms with Gasteiger partial charge in [0.1, 0.15) is 5.78 Å². The molecule has 0 aliphatic carbocycles. The highest BCUT2D eigenvalue weighted by molar-refractivity contribution is 5.79. The molecule has 0 heterocycles. The fraction of sp³-hybridized carbons (Fsp3) is 0.857. The van der Waals surface area contributed by atoms with Gasteiger partial charge >= 0.3 is 0 Å². The van der Waals surface area contributed by atoms with Gasteiger partial charge in [-0.25, -0.2) is 0 Å². The average molecular weight is 145 g/mol. The molecule has 0 bridgehead atoms. The molecule has 0 amide bonds. The molecule has 0 aromatic carbocycles. The van der Waals surface area contributed by atoms with Crippen molar-refractivity contribution in [3.8, 4) is 0 Å². The number of quaternary nitrogens is 1. The normalized spacial score (nSPS) is 16.4. The Morgan fingerprint density at radius 2 is 2.20 bits per heavy atom. The number of carbonyl (C=O) groups is 1. The Morgan fingerprint density at radius 3 is 2.30 bits per heavy atom. The summed E-state index contributed by atoms with van der Waals surface area (Å²) in [4.78, 5) is 10.9. The van der Waals surface area contributed by atoms with Crippen LogP contribution in [0.5, 0.6) is 0 Å². The van der Waals surface area contributed by atoms with Crippen LogP contribution in [0.25, 0.3) is 0 Å². The topological polar surface area (TPSA) is 56.7 Å². The van der Waals surface area contributed by atoms with Crippen LogP contribution < -0.4 is 11.1 Å². The first kappa shape index (κ1) is 9.59. The van der Waals surface area contributed by atoms with Crippen LogP contribution in [0.1, 0.15) is 13.8 Å². The number of carbonyl (C=O) groups excluding carboxylic acids is 1. The van der Waals surface area contributed by atoms with Gasteiger partial charge in [0.15, 0.2) is 0 Å². The van der Waals surface area contributed by atoms with E-state index in [1.165, 1.54) is 0 Å². The van der Waals surface area contributed by atoms with Crippen molar-refractivity contribution in [3.05, 3.63) is 0 Å². The molecule has 0 aliphatic heterocycles. The van der Waals surface area contributed by atoms with Crippen molar-refractivity contribution in [2.75, 3.05) is 13.6 Å². The summed E-state index contributed by atoms with van der Waals surface area (Å²) in [6.07, 6.45) is 0. The second kappa shape index (κ2) is 4.41. The minimum Gasteiger partial charge on any atom is -0.357 e. The lowest BCUT2D eigenvalue weighted by molar-refractivity contribution is -0.376. The summed E-state index contributed by atoms with van der Waals surface area (Å²) in [5.74, 6) is 0.293. The van der Waals surface area contributed by atoms with E-state index in [1.807, 2.05) is 14.0 Å².